The number of aromatic nitrogens is 2. The first-order valence-electron chi connectivity index (χ1n) is 2.77. The molecule has 9 heavy (non-hydrogen) atoms. The predicted octanol–water partition coefficient (Wildman–Crippen LogP) is 1.30. The Balaban J connectivity index is 2.34. The maximum absolute atomic E-state index is 5.91. The molecule has 4 heteroatoms. The fraction of sp³-hybridized carbons (Fsp3) is 0.600. The molecule has 0 unspecified atom stereocenters. The summed E-state index contributed by atoms with van der Waals surface area (Å²) in [7, 11) is 0. The van der Waals surface area contributed by atoms with Crippen molar-refractivity contribution in [1.82, 2.24) is 10.1 Å². The summed E-state index contributed by atoms with van der Waals surface area (Å²) in [5.74, 6) is 0.559. The number of nitrogens with zero attached hydrogens (tertiary/aromatic N) is 2. The quantitative estimate of drug-likeness (QED) is 0.558. The van der Waals surface area contributed by atoms with Crippen LogP contribution in [0.15, 0.2) is 10.9 Å². The first-order valence-corrected chi connectivity index (χ1v) is 3.15. The van der Waals surface area contributed by atoms with Crippen molar-refractivity contribution < 1.29 is 4.52 Å². The summed E-state index contributed by atoms with van der Waals surface area (Å²) in [6.07, 6.45) is 3.28. The Morgan fingerprint density at radius 1 is 1.67 bits per heavy atom. The van der Waals surface area contributed by atoms with Gasteiger partial charge in [-0.05, 0) is 12.8 Å². The zero-order valence-corrected chi connectivity index (χ0v) is 5.43. The Morgan fingerprint density at radius 2 is 2.44 bits per heavy atom. The number of hydrogen-bond acceptors (Lipinski definition) is 3. The molecular formula is C5H5ClN2O. The van der Waals surface area contributed by atoms with Crippen LogP contribution < -0.4 is 0 Å². The second-order valence-electron chi connectivity index (χ2n) is 2.21. The zero-order chi connectivity index (χ0) is 6.32. The second-order valence-corrected chi connectivity index (χ2v) is 2.94. The monoisotopic (exact) mass is 144 g/mol. The Morgan fingerprint density at radius 3 is 2.89 bits per heavy atom. The molecule has 0 amide bonds. The maximum Gasteiger partial charge on any atom is 0.247 e. The minimum Gasteiger partial charge on any atom is -0.338 e. The molecule has 1 aliphatic carbocycles. The van der Waals surface area contributed by atoms with Gasteiger partial charge in [-0.3, -0.25) is 0 Å². The maximum atomic E-state index is 5.91. The van der Waals surface area contributed by atoms with Gasteiger partial charge in [0, 0.05) is 0 Å². The van der Waals surface area contributed by atoms with E-state index in [2.05, 4.69) is 10.1 Å². The van der Waals surface area contributed by atoms with Crippen LogP contribution in [0.4, 0.5) is 0 Å². The standard InChI is InChI=1S/C5H5ClN2O/c6-5(1-2-5)4-7-3-8-9-4/h3H,1-2H2. The average Bonchev–Trinajstić information content (AvgIpc) is 2.46. The van der Waals surface area contributed by atoms with Crippen molar-refractivity contribution in [1.29, 1.82) is 0 Å². The Kier molecular flexibility index (Phi) is 0.858. The zero-order valence-electron chi connectivity index (χ0n) is 4.67. The third kappa shape index (κ3) is 0.721. The van der Waals surface area contributed by atoms with Gasteiger partial charge in [-0.2, -0.15) is 4.98 Å². The van der Waals surface area contributed by atoms with Crippen LogP contribution in [0, 0.1) is 0 Å². The van der Waals surface area contributed by atoms with E-state index in [-0.39, 0.29) is 4.87 Å². The van der Waals surface area contributed by atoms with E-state index in [0.29, 0.717) is 5.89 Å². The second kappa shape index (κ2) is 1.48. The van der Waals surface area contributed by atoms with E-state index in [4.69, 9.17) is 16.1 Å². The van der Waals surface area contributed by atoms with Gasteiger partial charge in [0.1, 0.15) is 4.87 Å². The molecule has 1 aromatic heterocycles. The summed E-state index contributed by atoms with van der Waals surface area (Å²) in [6.45, 7) is 0. The van der Waals surface area contributed by atoms with Gasteiger partial charge >= 0.3 is 0 Å². The minimum absolute atomic E-state index is 0.295. The van der Waals surface area contributed by atoms with Gasteiger partial charge in [-0.25, -0.2) is 0 Å². The van der Waals surface area contributed by atoms with Crippen molar-refractivity contribution in [3.63, 3.8) is 0 Å². The highest BCUT2D eigenvalue weighted by Crippen LogP contribution is 2.50. The molecule has 0 N–H and O–H groups in total. The van der Waals surface area contributed by atoms with E-state index in [1.165, 1.54) is 6.33 Å². The van der Waals surface area contributed by atoms with Crippen LogP contribution in [0.1, 0.15) is 18.7 Å². The van der Waals surface area contributed by atoms with Crippen molar-refractivity contribution in [3.8, 4) is 0 Å². The molecule has 3 nitrogen and oxygen atoms in total. The molecule has 0 aromatic carbocycles. The molecule has 0 radical (unpaired) electrons. The number of rotatable bonds is 1. The molecule has 0 saturated heterocycles. The number of hydrogen-bond donors (Lipinski definition) is 0. The lowest BCUT2D eigenvalue weighted by Crippen LogP contribution is -1.94. The van der Waals surface area contributed by atoms with Gasteiger partial charge in [0.2, 0.25) is 5.89 Å². The van der Waals surface area contributed by atoms with Crippen molar-refractivity contribution in [3.05, 3.63) is 12.2 Å². The number of alkyl halides is 1. The summed E-state index contributed by atoms with van der Waals surface area (Å²) in [6, 6.07) is 0. The summed E-state index contributed by atoms with van der Waals surface area (Å²) in [4.78, 5) is 3.55. The smallest absolute Gasteiger partial charge is 0.247 e. The van der Waals surface area contributed by atoms with Crippen LogP contribution in [0.2, 0.25) is 0 Å². The van der Waals surface area contributed by atoms with Crippen LogP contribution in [0.5, 0.6) is 0 Å². The molecule has 0 spiro atoms. The van der Waals surface area contributed by atoms with E-state index < -0.39 is 0 Å². The van der Waals surface area contributed by atoms with Crippen LogP contribution >= 0.6 is 11.6 Å². The van der Waals surface area contributed by atoms with Crippen LogP contribution in [0.3, 0.4) is 0 Å². The molecule has 1 fully saturated rings. The van der Waals surface area contributed by atoms with E-state index >= 15 is 0 Å². The topological polar surface area (TPSA) is 38.9 Å². The Labute approximate surface area is 57.0 Å². The molecule has 1 aliphatic rings. The molecule has 48 valence electrons. The largest absolute Gasteiger partial charge is 0.338 e. The predicted molar refractivity (Wildman–Crippen MR) is 31.1 cm³/mol. The van der Waals surface area contributed by atoms with Gasteiger partial charge in [0.25, 0.3) is 0 Å². The molecular weight excluding hydrogens is 140 g/mol. The Hall–Kier alpha value is -0.570. The van der Waals surface area contributed by atoms with Gasteiger partial charge < -0.3 is 4.52 Å². The summed E-state index contributed by atoms with van der Waals surface area (Å²) in [5, 5.41) is 3.46. The lowest BCUT2D eigenvalue weighted by Gasteiger charge is -1.93. The lowest BCUT2D eigenvalue weighted by atomic mass is 10.4. The van der Waals surface area contributed by atoms with Crippen molar-refractivity contribution in [2.75, 3.05) is 0 Å². The van der Waals surface area contributed by atoms with Crippen molar-refractivity contribution in [2.24, 2.45) is 0 Å². The van der Waals surface area contributed by atoms with Gasteiger partial charge in [-0.15, -0.1) is 11.6 Å². The normalized spacial score (nSPS) is 21.9. The Bertz CT molecular complexity index is 205. The summed E-state index contributed by atoms with van der Waals surface area (Å²) in [5.41, 5.74) is 0. The average molecular weight is 145 g/mol. The lowest BCUT2D eigenvalue weighted by molar-refractivity contribution is 0.370. The first-order chi connectivity index (χ1) is 4.31. The molecule has 0 aliphatic heterocycles. The highest BCUT2D eigenvalue weighted by Gasteiger charge is 2.47. The molecule has 0 bridgehead atoms. The molecule has 1 heterocycles. The van der Waals surface area contributed by atoms with Gasteiger partial charge in [0.05, 0.1) is 0 Å². The van der Waals surface area contributed by atoms with Gasteiger partial charge in [-0.1, -0.05) is 5.16 Å². The first kappa shape index (κ1) is 5.23. The fourth-order valence-corrected chi connectivity index (χ4v) is 0.872. The fourth-order valence-electron chi connectivity index (χ4n) is 0.694. The third-order valence-electron chi connectivity index (χ3n) is 1.43. The van der Waals surface area contributed by atoms with E-state index in [0.717, 1.165) is 12.8 Å². The van der Waals surface area contributed by atoms with Crippen LogP contribution in [-0.4, -0.2) is 10.1 Å². The van der Waals surface area contributed by atoms with E-state index in [1.807, 2.05) is 0 Å². The van der Waals surface area contributed by atoms with Gasteiger partial charge in [0.15, 0.2) is 6.33 Å². The SMILES string of the molecule is ClC1(c2ncno2)CC1. The van der Waals surface area contributed by atoms with Crippen molar-refractivity contribution >= 4 is 11.6 Å². The molecule has 1 saturated carbocycles. The van der Waals surface area contributed by atoms with Crippen molar-refractivity contribution in [2.45, 2.75) is 17.7 Å². The molecule has 2 rings (SSSR count). The van der Waals surface area contributed by atoms with E-state index in [9.17, 15) is 0 Å². The highest BCUT2D eigenvalue weighted by molar-refractivity contribution is 6.25. The summed E-state index contributed by atoms with van der Waals surface area (Å²) < 4.78 is 4.77. The minimum atomic E-state index is -0.295. The van der Waals surface area contributed by atoms with Crippen LogP contribution in [-0.2, 0) is 4.87 Å². The third-order valence-corrected chi connectivity index (χ3v) is 1.97. The summed E-state index contributed by atoms with van der Waals surface area (Å²) >= 11 is 5.91. The molecule has 0 atom stereocenters. The molecule has 1 aromatic rings. The van der Waals surface area contributed by atoms with Crippen LogP contribution in [0.25, 0.3) is 0 Å². The number of halogens is 1. The highest BCUT2D eigenvalue weighted by atomic mass is 35.5. The van der Waals surface area contributed by atoms with E-state index in [1.54, 1.807) is 0 Å².